The Kier molecular flexibility index (Phi) is 8.22. The minimum absolute atomic E-state index is 0.839. The van der Waals surface area contributed by atoms with Crippen LogP contribution in [0.2, 0.25) is 0 Å². The summed E-state index contributed by atoms with van der Waals surface area (Å²) in [5, 5.41) is 2.31. The van der Waals surface area contributed by atoms with E-state index in [1.54, 1.807) is 0 Å². The smallest absolute Gasteiger partial charge is 0.314 e. The maximum absolute atomic E-state index is 5.90. The summed E-state index contributed by atoms with van der Waals surface area (Å²) >= 11 is 3.83. The molecule has 1 fully saturated rings. The molecule has 3 rings (SSSR count). The first-order valence-corrected chi connectivity index (χ1v) is 12.0. The molecule has 0 aliphatic carbocycles. The van der Waals surface area contributed by atoms with Crippen LogP contribution in [0.5, 0.6) is 5.75 Å². The van der Waals surface area contributed by atoms with Gasteiger partial charge in [0.05, 0.1) is 11.5 Å². The SMILES string of the molecule is CCCCCCCCOc1ccc(-c2csc(=[N+]3CCCCC3)s2)cc1. The Bertz CT molecular complexity index is 706. The van der Waals surface area contributed by atoms with Crippen LogP contribution in [0.3, 0.4) is 0 Å². The zero-order chi connectivity index (χ0) is 18.0. The minimum Gasteiger partial charge on any atom is -0.494 e. The Labute approximate surface area is 166 Å². The van der Waals surface area contributed by atoms with Gasteiger partial charge in [-0.15, -0.1) is 0 Å². The van der Waals surface area contributed by atoms with Crippen LogP contribution in [0.4, 0.5) is 0 Å². The van der Waals surface area contributed by atoms with Crippen molar-refractivity contribution in [3.05, 3.63) is 33.6 Å². The molecule has 0 spiro atoms. The fraction of sp³-hybridized carbons (Fsp3) is 0.591. The molecule has 2 aromatic rings. The van der Waals surface area contributed by atoms with Gasteiger partial charge in [0.1, 0.15) is 18.8 Å². The predicted molar refractivity (Wildman–Crippen MR) is 115 cm³/mol. The topological polar surface area (TPSA) is 12.2 Å². The molecule has 0 saturated carbocycles. The molecule has 2 nitrogen and oxygen atoms in total. The second-order valence-corrected chi connectivity index (χ2v) is 9.30. The number of nitrogens with zero attached hydrogens (tertiary/aromatic N) is 1. The molecule has 1 aromatic carbocycles. The second kappa shape index (κ2) is 10.9. The quantitative estimate of drug-likeness (QED) is 0.368. The number of ether oxygens (including phenoxy) is 1. The normalized spacial score (nSPS) is 14.6. The van der Waals surface area contributed by atoms with Crippen molar-refractivity contribution in [3.63, 3.8) is 0 Å². The average Bonchev–Trinajstić information content (AvgIpc) is 3.19. The molecule has 1 saturated heterocycles. The van der Waals surface area contributed by atoms with E-state index in [2.05, 4.69) is 41.1 Å². The zero-order valence-electron chi connectivity index (χ0n) is 16.0. The molecule has 0 N–H and O–H groups in total. The molecule has 26 heavy (non-hydrogen) atoms. The van der Waals surface area contributed by atoms with Crippen molar-refractivity contribution in [1.29, 1.82) is 0 Å². The molecule has 0 atom stereocenters. The van der Waals surface area contributed by atoms with E-state index >= 15 is 0 Å². The third-order valence-electron chi connectivity index (χ3n) is 4.98. The average molecular weight is 391 g/mol. The van der Waals surface area contributed by atoms with Crippen molar-refractivity contribution >= 4 is 22.7 Å². The molecule has 142 valence electrons. The summed E-state index contributed by atoms with van der Waals surface area (Å²) in [5.74, 6) is 0.999. The molecule has 2 heterocycles. The molecular formula is C22H32NOS2+. The lowest BCUT2D eigenvalue weighted by atomic mass is 10.1. The lowest BCUT2D eigenvalue weighted by Gasteiger charge is -2.07. The highest BCUT2D eigenvalue weighted by Gasteiger charge is 2.14. The Hall–Kier alpha value is -1.13. The molecule has 1 aliphatic rings. The highest BCUT2D eigenvalue weighted by Crippen LogP contribution is 2.26. The Morgan fingerprint density at radius 2 is 1.65 bits per heavy atom. The van der Waals surface area contributed by atoms with Gasteiger partial charge in [-0.05, 0) is 42.7 Å². The van der Waals surface area contributed by atoms with Crippen LogP contribution in [0, 0.1) is 0 Å². The first-order chi connectivity index (χ1) is 12.9. The van der Waals surface area contributed by atoms with Gasteiger partial charge in [0, 0.05) is 18.2 Å². The summed E-state index contributed by atoms with van der Waals surface area (Å²) in [6.45, 7) is 5.55. The van der Waals surface area contributed by atoms with E-state index in [1.165, 1.54) is 78.9 Å². The van der Waals surface area contributed by atoms with E-state index in [0.717, 1.165) is 18.8 Å². The van der Waals surface area contributed by atoms with Gasteiger partial charge in [0.25, 0.3) is 0 Å². The largest absolute Gasteiger partial charge is 0.494 e. The highest BCUT2D eigenvalue weighted by atomic mass is 32.2. The summed E-state index contributed by atoms with van der Waals surface area (Å²) in [4.78, 5) is 1.37. The third-order valence-corrected chi connectivity index (χ3v) is 7.49. The number of hydrogen-bond donors (Lipinski definition) is 0. The second-order valence-electron chi connectivity index (χ2n) is 7.16. The summed E-state index contributed by atoms with van der Waals surface area (Å²) < 4.78 is 9.92. The van der Waals surface area contributed by atoms with Gasteiger partial charge in [-0.25, -0.2) is 4.58 Å². The van der Waals surface area contributed by atoms with E-state index in [0.29, 0.717) is 0 Å². The molecule has 1 aromatic heterocycles. The third kappa shape index (κ3) is 5.95. The van der Waals surface area contributed by atoms with Crippen LogP contribution in [-0.4, -0.2) is 19.7 Å². The lowest BCUT2D eigenvalue weighted by molar-refractivity contribution is 0.304. The first kappa shape index (κ1) is 19.6. The standard InChI is InChI=1S/C22H32NOS2/c1-2-3-4-5-6-10-17-24-20-13-11-19(12-14-20)21-18-25-22(26-21)23-15-8-7-9-16-23/h11-14,18H,2-10,15-17H2,1H3/q+1. The minimum atomic E-state index is 0.839. The molecule has 1 aliphatic heterocycles. The molecule has 0 bridgehead atoms. The summed E-state index contributed by atoms with van der Waals surface area (Å²) in [6, 6.07) is 8.65. The maximum atomic E-state index is 5.90. The predicted octanol–water partition coefficient (Wildman–Crippen LogP) is 6.17. The fourth-order valence-electron chi connectivity index (χ4n) is 3.38. The fourth-order valence-corrected chi connectivity index (χ4v) is 5.75. The number of piperidine rings is 1. The van der Waals surface area contributed by atoms with Crippen LogP contribution >= 0.6 is 22.7 Å². The van der Waals surface area contributed by atoms with E-state index < -0.39 is 0 Å². The van der Waals surface area contributed by atoms with E-state index in [1.807, 2.05) is 22.7 Å². The molecule has 0 radical (unpaired) electrons. The Morgan fingerprint density at radius 1 is 0.923 bits per heavy atom. The van der Waals surface area contributed by atoms with Crippen LogP contribution in [0.15, 0.2) is 29.6 Å². The van der Waals surface area contributed by atoms with Crippen LogP contribution < -0.4 is 13.3 Å². The van der Waals surface area contributed by atoms with Gasteiger partial charge in [-0.2, -0.15) is 0 Å². The van der Waals surface area contributed by atoms with Gasteiger partial charge in [0.2, 0.25) is 0 Å². The zero-order valence-corrected chi connectivity index (χ0v) is 17.7. The first-order valence-electron chi connectivity index (χ1n) is 10.3. The van der Waals surface area contributed by atoms with E-state index in [9.17, 15) is 0 Å². The highest BCUT2D eigenvalue weighted by molar-refractivity contribution is 7.28. The van der Waals surface area contributed by atoms with Crippen molar-refractivity contribution < 1.29 is 4.74 Å². The van der Waals surface area contributed by atoms with Crippen molar-refractivity contribution in [2.45, 2.75) is 64.7 Å². The maximum Gasteiger partial charge on any atom is 0.314 e. The van der Waals surface area contributed by atoms with Crippen molar-refractivity contribution in [2.75, 3.05) is 19.7 Å². The van der Waals surface area contributed by atoms with Gasteiger partial charge in [0.15, 0.2) is 0 Å². The van der Waals surface area contributed by atoms with Crippen LogP contribution in [-0.2, 0) is 0 Å². The summed E-state index contributed by atoms with van der Waals surface area (Å²) in [6.07, 6.45) is 11.9. The monoisotopic (exact) mass is 390 g/mol. The van der Waals surface area contributed by atoms with E-state index in [-0.39, 0.29) is 0 Å². The van der Waals surface area contributed by atoms with Crippen molar-refractivity contribution in [2.24, 2.45) is 0 Å². The Morgan fingerprint density at radius 3 is 2.42 bits per heavy atom. The number of hydrogen-bond acceptors (Lipinski definition) is 3. The summed E-state index contributed by atoms with van der Waals surface area (Å²) in [7, 11) is 0. The number of rotatable bonds is 9. The van der Waals surface area contributed by atoms with Gasteiger partial charge in [-0.1, -0.05) is 61.7 Å². The lowest BCUT2D eigenvalue weighted by Crippen LogP contribution is -2.31. The van der Waals surface area contributed by atoms with Crippen LogP contribution in [0.25, 0.3) is 10.4 Å². The van der Waals surface area contributed by atoms with Gasteiger partial charge in [-0.3, -0.25) is 0 Å². The molecule has 0 amide bonds. The van der Waals surface area contributed by atoms with E-state index in [4.69, 9.17) is 4.74 Å². The van der Waals surface area contributed by atoms with Crippen molar-refractivity contribution in [3.8, 4) is 16.2 Å². The van der Waals surface area contributed by atoms with Gasteiger partial charge < -0.3 is 4.74 Å². The van der Waals surface area contributed by atoms with Gasteiger partial charge >= 0.3 is 3.98 Å². The molecule has 0 unspecified atom stereocenters. The Balaban J connectivity index is 1.49. The van der Waals surface area contributed by atoms with Crippen LogP contribution in [0.1, 0.15) is 64.7 Å². The number of benzene rings is 1. The molecular weight excluding hydrogens is 358 g/mol. The van der Waals surface area contributed by atoms with Crippen molar-refractivity contribution in [1.82, 2.24) is 4.58 Å². The number of unbranched alkanes of at least 4 members (excludes halogenated alkanes) is 5. The summed E-state index contributed by atoms with van der Waals surface area (Å²) in [5.41, 5.74) is 1.31. The molecule has 4 heteroatoms.